The molecule has 1 heterocycles. The monoisotopic (exact) mass is 326 g/mol. The fraction of sp³-hybridized carbons (Fsp3) is 0.625. The second-order valence-corrected chi connectivity index (χ2v) is 5.80. The number of benzene rings is 1. The highest BCUT2D eigenvalue weighted by atomic mass is 19.1. The van der Waals surface area contributed by atoms with Crippen molar-refractivity contribution in [2.75, 3.05) is 32.2 Å². The zero-order valence-corrected chi connectivity index (χ0v) is 13.5. The molecule has 1 aliphatic rings. The Hall–Kier alpha value is -1.73. The third kappa shape index (κ3) is 4.62. The van der Waals surface area contributed by atoms with Crippen LogP contribution in [0, 0.1) is 21.8 Å². The fourth-order valence-corrected chi connectivity index (χ4v) is 3.03. The molecule has 1 aromatic rings. The summed E-state index contributed by atoms with van der Waals surface area (Å²) in [5.74, 6) is 0.0386. The Morgan fingerprint density at radius 3 is 2.52 bits per heavy atom. The number of hydrogen-bond donors (Lipinski definition) is 0. The maximum absolute atomic E-state index is 14.1. The molecule has 0 bridgehead atoms. The van der Waals surface area contributed by atoms with Crippen LogP contribution in [-0.4, -0.2) is 38.5 Å². The van der Waals surface area contributed by atoms with Gasteiger partial charge in [0.25, 0.3) is 5.69 Å². The van der Waals surface area contributed by atoms with Crippen LogP contribution in [0.5, 0.6) is 0 Å². The molecule has 0 aromatic heterocycles. The van der Waals surface area contributed by atoms with Gasteiger partial charge in [-0.2, -0.15) is 0 Å². The predicted molar refractivity (Wildman–Crippen MR) is 85.0 cm³/mol. The minimum Gasteiger partial charge on any atom is -0.369 e. The van der Waals surface area contributed by atoms with Crippen molar-refractivity contribution in [3.8, 4) is 0 Å². The molecule has 6 nitrogen and oxygen atoms in total. The van der Waals surface area contributed by atoms with Gasteiger partial charge in [-0.3, -0.25) is 10.1 Å². The summed E-state index contributed by atoms with van der Waals surface area (Å²) in [5.41, 5.74) is 0.229. The van der Waals surface area contributed by atoms with E-state index in [1.165, 1.54) is 12.1 Å². The van der Waals surface area contributed by atoms with E-state index in [1.54, 1.807) is 14.2 Å². The maximum atomic E-state index is 14.1. The van der Waals surface area contributed by atoms with Crippen LogP contribution in [0.4, 0.5) is 15.8 Å². The van der Waals surface area contributed by atoms with Crippen molar-refractivity contribution in [2.24, 2.45) is 5.92 Å². The Balaban J connectivity index is 1.88. The van der Waals surface area contributed by atoms with Crippen molar-refractivity contribution in [1.82, 2.24) is 0 Å². The number of rotatable bonds is 7. The molecule has 128 valence electrons. The SMILES string of the molecule is COC(CCC1CCN(c2ccc([N+](=O)[O-])cc2F)CC1)OC. The quantitative estimate of drug-likeness (QED) is 0.437. The van der Waals surface area contributed by atoms with Crippen LogP contribution in [0.25, 0.3) is 0 Å². The summed E-state index contributed by atoms with van der Waals surface area (Å²) in [4.78, 5) is 12.0. The van der Waals surface area contributed by atoms with Gasteiger partial charge in [-0.15, -0.1) is 0 Å². The number of nitrogens with zero attached hydrogens (tertiary/aromatic N) is 2. The minimum atomic E-state index is -0.582. The summed E-state index contributed by atoms with van der Waals surface area (Å²) in [6.45, 7) is 1.51. The molecule has 0 radical (unpaired) electrons. The molecule has 0 amide bonds. The van der Waals surface area contributed by atoms with E-state index in [0.29, 0.717) is 11.6 Å². The lowest BCUT2D eigenvalue weighted by Gasteiger charge is -2.34. The first-order chi connectivity index (χ1) is 11.0. The Morgan fingerprint density at radius 2 is 2.00 bits per heavy atom. The number of nitro groups is 1. The predicted octanol–water partition coefficient (Wildman–Crippen LogP) is 3.35. The number of non-ortho nitro benzene ring substituents is 1. The van der Waals surface area contributed by atoms with Gasteiger partial charge in [0, 0.05) is 33.4 Å². The van der Waals surface area contributed by atoms with Crippen LogP contribution in [0.2, 0.25) is 0 Å². The first-order valence-electron chi connectivity index (χ1n) is 7.79. The molecule has 1 saturated heterocycles. The number of hydrogen-bond acceptors (Lipinski definition) is 5. The summed E-state index contributed by atoms with van der Waals surface area (Å²) in [6.07, 6.45) is 3.64. The Bertz CT molecular complexity index is 529. The molecule has 0 saturated carbocycles. The first kappa shape index (κ1) is 17.6. The third-order valence-corrected chi connectivity index (χ3v) is 4.43. The van der Waals surface area contributed by atoms with Crippen LogP contribution < -0.4 is 4.90 Å². The van der Waals surface area contributed by atoms with Crippen molar-refractivity contribution in [3.05, 3.63) is 34.1 Å². The van der Waals surface area contributed by atoms with Crippen LogP contribution in [-0.2, 0) is 9.47 Å². The minimum absolute atomic E-state index is 0.167. The van der Waals surface area contributed by atoms with Crippen LogP contribution in [0.3, 0.4) is 0 Å². The molecule has 0 spiro atoms. The van der Waals surface area contributed by atoms with E-state index < -0.39 is 10.7 Å². The largest absolute Gasteiger partial charge is 0.369 e. The first-order valence-corrected chi connectivity index (χ1v) is 7.79. The molecule has 0 aliphatic carbocycles. The molecule has 2 rings (SSSR count). The highest BCUT2D eigenvalue weighted by Gasteiger charge is 2.23. The molecule has 0 unspecified atom stereocenters. The molecule has 0 atom stereocenters. The average molecular weight is 326 g/mol. The zero-order valence-electron chi connectivity index (χ0n) is 13.5. The summed E-state index contributed by atoms with van der Waals surface area (Å²) in [6, 6.07) is 3.84. The lowest BCUT2D eigenvalue weighted by Crippen LogP contribution is -2.34. The van der Waals surface area contributed by atoms with Gasteiger partial charge >= 0.3 is 0 Å². The normalized spacial score (nSPS) is 16.1. The molecule has 23 heavy (non-hydrogen) atoms. The molecule has 0 N–H and O–H groups in total. The highest BCUT2D eigenvalue weighted by molar-refractivity contribution is 5.52. The molecular weight excluding hydrogens is 303 g/mol. The fourth-order valence-electron chi connectivity index (χ4n) is 3.03. The van der Waals surface area contributed by atoms with Gasteiger partial charge in [0.05, 0.1) is 16.7 Å². The molecule has 7 heteroatoms. The van der Waals surface area contributed by atoms with Gasteiger partial charge in [-0.25, -0.2) is 4.39 Å². The van der Waals surface area contributed by atoms with E-state index in [0.717, 1.165) is 44.8 Å². The van der Waals surface area contributed by atoms with E-state index in [1.807, 2.05) is 4.90 Å². The van der Waals surface area contributed by atoms with Crippen LogP contribution >= 0.6 is 0 Å². The van der Waals surface area contributed by atoms with Gasteiger partial charge < -0.3 is 14.4 Å². The van der Waals surface area contributed by atoms with Crippen molar-refractivity contribution in [1.29, 1.82) is 0 Å². The summed E-state index contributed by atoms with van der Waals surface area (Å²) in [5, 5.41) is 10.7. The molecule has 1 aromatic carbocycles. The Labute approximate surface area is 135 Å². The highest BCUT2D eigenvalue weighted by Crippen LogP contribution is 2.30. The van der Waals surface area contributed by atoms with Crippen molar-refractivity contribution in [2.45, 2.75) is 32.0 Å². The number of anilines is 1. The summed E-state index contributed by atoms with van der Waals surface area (Å²) >= 11 is 0. The van der Waals surface area contributed by atoms with Gasteiger partial charge in [0.1, 0.15) is 0 Å². The van der Waals surface area contributed by atoms with E-state index in [2.05, 4.69) is 0 Å². The van der Waals surface area contributed by atoms with Gasteiger partial charge in [-0.05, 0) is 37.7 Å². The van der Waals surface area contributed by atoms with E-state index in [-0.39, 0.29) is 12.0 Å². The summed E-state index contributed by atoms with van der Waals surface area (Å²) < 4.78 is 24.4. The Morgan fingerprint density at radius 1 is 1.35 bits per heavy atom. The number of piperidine rings is 1. The molecular formula is C16H23FN2O4. The second-order valence-electron chi connectivity index (χ2n) is 5.80. The van der Waals surface area contributed by atoms with Crippen molar-refractivity contribution < 1.29 is 18.8 Å². The second kappa shape index (κ2) is 8.21. The lowest BCUT2D eigenvalue weighted by molar-refractivity contribution is -0.385. The van der Waals surface area contributed by atoms with E-state index in [4.69, 9.17) is 9.47 Å². The number of halogens is 1. The van der Waals surface area contributed by atoms with E-state index in [9.17, 15) is 14.5 Å². The third-order valence-electron chi connectivity index (χ3n) is 4.43. The Kier molecular flexibility index (Phi) is 6.29. The smallest absolute Gasteiger partial charge is 0.272 e. The summed E-state index contributed by atoms with van der Waals surface area (Å²) in [7, 11) is 3.27. The van der Waals surface area contributed by atoms with Gasteiger partial charge in [-0.1, -0.05) is 0 Å². The standard InChI is InChI=1S/C16H23FN2O4/c1-22-16(23-2)6-3-12-7-9-18(10-8-12)15-5-4-13(19(20)21)11-14(15)17/h4-5,11-12,16H,3,6-10H2,1-2H3. The van der Waals surface area contributed by atoms with Crippen LogP contribution in [0.15, 0.2) is 18.2 Å². The van der Waals surface area contributed by atoms with Gasteiger partial charge in [0.15, 0.2) is 12.1 Å². The zero-order chi connectivity index (χ0) is 16.8. The van der Waals surface area contributed by atoms with Crippen LogP contribution in [0.1, 0.15) is 25.7 Å². The topological polar surface area (TPSA) is 64.8 Å². The van der Waals surface area contributed by atoms with Gasteiger partial charge in [0.2, 0.25) is 0 Å². The number of methoxy groups -OCH3 is 2. The van der Waals surface area contributed by atoms with E-state index >= 15 is 0 Å². The number of nitro benzene ring substituents is 1. The van der Waals surface area contributed by atoms with Crippen molar-refractivity contribution in [3.63, 3.8) is 0 Å². The molecule has 1 aliphatic heterocycles. The lowest BCUT2D eigenvalue weighted by atomic mass is 9.91. The van der Waals surface area contributed by atoms with Crippen molar-refractivity contribution >= 4 is 11.4 Å². The number of ether oxygens (including phenoxy) is 2. The molecule has 1 fully saturated rings. The maximum Gasteiger partial charge on any atom is 0.272 e. The average Bonchev–Trinajstić information content (AvgIpc) is 2.56.